The maximum absolute atomic E-state index is 8.94. The SMILES string of the molecule is CCC(CCO)CNC(C)CC1CCCC1. The zero-order valence-electron chi connectivity index (χ0n) is 11.0. The molecular formula is C14H29NO. The average molecular weight is 227 g/mol. The third kappa shape index (κ3) is 5.31. The van der Waals surface area contributed by atoms with Crippen LogP contribution in [0.5, 0.6) is 0 Å². The summed E-state index contributed by atoms with van der Waals surface area (Å²) in [5, 5.41) is 12.6. The molecule has 0 aromatic rings. The van der Waals surface area contributed by atoms with Gasteiger partial charge in [0.1, 0.15) is 0 Å². The fourth-order valence-electron chi connectivity index (χ4n) is 2.83. The Hall–Kier alpha value is -0.0800. The Morgan fingerprint density at radius 2 is 2.00 bits per heavy atom. The second-order valence-corrected chi connectivity index (χ2v) is 5.48. The van der Waals surface area contributed by atoms with Crippen LogP contribution >= 0.6 is 0 Å². The van der Waals surface area contributed by atoms with Gasteiger partial charge < -0.3 is 10.4 Å². The lowest BCUT2D eigenvalue weighted by Gasteiger charge is -2.21. The van der Waals surface area contributed by atoms with Gasteiger partial charge in [-0.25, -0.2) is 0 Å². The smallest absolute Gasteiger partial charge is 0.0434 e. The van der Waals surface area contributed by atoms with Gasteiger partial charge in [0, 0.05) is 12.6 Å². The summed E-state index contributed by atoms with van der Waals surface area (Å²) in [4.78, 5) is 0. The number of nitrogens with one attached hydrogen (secondary N) is 1. The molecule has 0 heterocycles. The van der Waals surface area contributed by atoms with Gasteiger partial charge in [-0.2, -0.15) is 0 Å². The fraction of sp³-hybridized carbons (Fsp3) is 1.00. The molecule has 96 valence electrons. The van der Waals surface area contributed by atoms with Crippen molar-refractivity contribution in [3.05, 3.63) is 0 Å². The normalized spacial score (nSPS) is 21.2. The van der Waals surface area contributed by atoms with Crippen molar-refractivity contribution in [3.63, 3.8) is 0 Å². The highest BCUT2D eigenvalue weighted by molar-refractivity contribution is 4.74. The lowest BCUT2D eigenvalue weighted by atomic mass is 9.98. The van der Waals surface area contributed by atoms with E-state index in [1.165, 1.54) is 38.5 Å². The Labute approximate surface area is 101 Å². The Morgan fingerprint density at radius 1 is 1.31 bits per heavy atom. The minimum Gasteiger partial charge on any atom is -0.396 e. The van der Waals surface area contributed by atoms with Crippen LogP contribution in [-0.2, 0) is 0 Å². The predicted molar refractivity (Wildman–Crippen MR) is 69.5 cm³/mol. The molecule has 1 aliphatic rings. The van der Waals surface area contributed by atoms with Crippen molar-refractivity contribution in [1.29, 1.82) is 0 Å². The summed E-state index contributed by atoms with van der Waals surface area (Å²) in [6.45, 7) is 5.93. The Bertz CT molecular complexity index is 166. The van der Waals surface area contributed by atoms with E-state index in [1.54, 1.807) is 0 Å². The molecule has 2 N–H and O–H groups in total. The van der Waals surface area contributed by atoms with Crippen LogP contribution in [0.25, 0.3) is 0 Å². The van der Waals surface area contributed by atoms with E-state index in [0.717, 1.165) is 18.9 Å². The summed E-state index contributed by atoms with van der Waals surface area (Å²) >= 11 is 0. The molecule has 16 heavy (non-hydrogen) atoms. The minimum absolute atomic E-state index is 0.331. The number of rotatable bonds is 8. The largest absolute Gasteiger partial charge is 0.396 e. The number of hydrogen-bond acceptors (Lipinski definition) is 2. The molecule has 1 aliphatic carbocycles. The molecule has 1 saturated carbocycles. The highest BCUT2D eigenvalue weighted by Crippen LogP contribution is 2.28. The maximum Gasteiger partial charge on any atom is 0.0434 e. The summed E-state index contributed by atoms with van der Waals surface area (Å²) in [5.74, 6) is 1.62. The Balaban J connectivity index is 2.10. The molecule has 1 fully saturated rings. The molecule has 2 heteroatoms. The Kier molecular flexibility index (Phi) is 7.06. The van der Waals surface area contributed by atoms with Crippen LogP contribution in [0, 0.1) is 11.8 Å². The molecule has 0 bridgehead atoms. The van der Waals surface area contributed by atoms with Crippen molar-refractivity contribution in [1.82, 2.24) is 5.32 Å². The van der Waals surface area contributed by atoms with E-state index in [9.17, 15) is 0 Å². The summed E-state index contributed by atoms with van der Waals surface area (Å²) < 4.78 is 0. The molecule has 2 atom stereocenters. The number of hydrogen-bond donors (Lipinski definition) is 2. The van der Waals surface area contributed by atoms with Crippen LogP contribution in [0.2, 0.25) is 0 Å². The predicted octanol–water partition coefficient (Wildman–Crippen LogP) is 2.95. The van der Waals surface area contributed by atoms with E-state index in [4.69, 9.17) is 5.11 Å². The molecule has 0 saturated heterocycles. The first-order valence-corrected chi connectivity index (χ1v) is 7.10. The molecule has 0 amide bonds. The first kappa shape index (κ1) is 14.0. The van der Waals surface area contributed by atoms with Gasteiger partial charge in [0.2, 0.25) is 0 Å². The fourth-order valence-corrected chi connectivity index (χ4v) is 2.83. The lowest BCUT2D eigenvalue weighted by Crippen LogP contribution is -2.32. The minimum atomic E-state index is 0.331. The second-order valence-electron chi connectivity index (χ2n) is 5.48. The van der Waals surface area contributed by atoms with Gasteiger partial charge >= 0.3 is 0 Å². The molecule has 1 rings (SSSR count). The summed E-state index contributed by atoms with van der Waals surface area (Å²) in [6.07, 6.45) is 9.23. The third-order valence-electron chi connectivity index (χ3n) is 4.03. The molecule has 0 spiro atoms. The Morgan fingerprint density at radius 3 is 2.56 bits per heavy atom. The van der Waals surface area contributed by atoms with Crippen molar-refractivity contribution in [2.45, 2.75) is 64.8 Å². The molecule has 0 aromatic heterocycles. The van der Waals surface area contributed by atoms with Gasteiger partial charge in [0.15, 0.2) is 0 Å². The van der Waals surface area contributed by atoms with E-state index in [0.29, 0.717) is 18.6 Å². The first-order valence-electron chi connectivity index (χ1n) is 7.10. The van der Waals surface area contributed by atoms with Gasteiger partial charge in [0.25, 0.3) is 0 Å². The van der Waals surface area contributed by atoms with Crippen molar-refractivity contribution in [3.8, 4) is 0 Å². The number of aliphatic hydroxyl groups is 1. The summed E-state index contributed by atoms with van der Waals surface area (Å²) in [6, 6.07) is 0.649. The molecule has 0 aromatic carbocycles. The number of aliphatic hydroxyl groups excluding tert-OH is 1. The first-order chi connectivity index (χ1) is 7.76. The standard InChI is InChI=1S/C14H29NO/c1-3-13(8-9-16)11-15-12(2)10-14-6-4-5-7-14/h12-16H,3-11H2,1-2H3. The van der Waals surface area contributed by atoms with Crippen molar-refractivity contribution >= 4 is 0 Å². The zero-order chi connectivity index (χ0) is 11.8. The third-order valence-corrected chi connectivity index (χ3v) is 4.03. The molecule has 0 radical (unpaired) electrons. The highest BCUT2D eigenvalue weighted by atomic mass is 16.3. The van der Waals surface area contributed by atoms with Gasteiger partial charge in [-0.15, -0.1) is 0 Å². The van der Waals surface area contributed by atoms with Crippen molar-refractivity contribution < 1.29 is 5.11 Å². The summed E-state index contributed by atoms with van der Waals surface area (Å²) in [7, 11) is 0. The molecule has 2 unspecified atom stereocenters. The highest BCUT2D eigenvalue weighted by Gasteiger charge is 2.18. The summed E-state index contributed by atoms with van der Waals surface area (Å²) in [5.41, 5.74) is 0. The van der Waals surface area contributed by atoms with E-state index >= 15 is 0 Å². The van der Waals surface area contributed by atoms with Gasteiger partial charge in [0.05, 0.1) is 0 Å². The average Bonchev–Trinajstić information content (AvgIpc) is 2.76. The van der Waals surface area contributed by atoms with Crippen molar-refractivity contribution in [2.75, 3.05) is 13.2 Å². The molecular weight excluding hydrogens is 198 g/mol. The maximum atomic E-state index is 8.94. The monoisotopic (exact) mass is 227 g/mol. The van der Waals surface area contributed by atoms with Gasteiger partial charge in [-0.05, 0) is 38.1 Å². The molecule has 0 aliphatic heterocycles. The van der Waals surface area contributed by atoms with E-state index in [2.05, 4.69) is 19.2 Å². The zero-order valence-corrected chi connectivity index (χ0v) is 11.0. The second kappa shape index (κ2) is 8.08. The van der Waals surface area contributed by atoms with E-state index in [-0.39, 0.29) is 0 Å². The van der Waals surface area contributed by atoms with E-state index in [1.807, 2.05) is 0 Å². The van der Waals surface area contributed by atoms with Gasteiger partial charge in [-0.1, -0.05) is 39.0 Å². The van der Waals surface area contributed by atoms with Crippen LogP contribution < -0.4 is 5.32 Å². The quantitative estimate of drug-likeness (QED) is 0.668. The van der Waals surface area contributed by atoms with Crippen LogP contribution in [-0.4, -0.2) is 24.3 Å². The van der Waals surface area contributed by atoms with E-state index < -0.39 is 0 Å². The van der Waals surface area contributed by atoms with Gasteiger partial charge in [-0.3, -0.25) is 0 Å². The van der Waals surface area contributed by atoms with Crippen LogP contribution in [0.15, 0.2) is 0 Å². The lowest BCUT2D eigenvalue weighted by molar-refractivity contribution is 0.247. The van der Waals surface area contributed by atoms with Crippen LogP contribution in [0.1, 0.15) is 58.8 Å². The van der Waals surface area contributed by atoms with Crippen molar-refractivity contribution in [2.24, 2.45) is 11.8 Å². The topological polar surface area (TPSA) is 32.3 Å². The molecule has 2 nitrogen and oxygen atoms in total. The van der Waals surface area contributed by atoms with Crippen LogP contribution in [0.4, 0.5) is 0 Å². The van der Waals surface area contributed by atoms with Crippen LogP contribution in [0.3, 0.4) is 0 Å².